The van der Waals surface area contributed by atoms with Crippen LogP contribution < -0.4 is 5.73 Å². The third-order valence-electron chi connectivity index (χ3n) is 8.87. The van der Waals surface area contributed by atoms with Crippen LogP contribution in [0.4, 0.5) is 0 Å². The van der Waals surface area contributed by atoms with Crippen molar-refractivity contribution in [1.29, 1.82) is 0 Å². The first-order valence-corrected chi connectivity index (χ1v) is 10.9. The second-order valence-electron chi connectivity index (χ2n) is 10.2. The summed E-state index contributed by atoms with van der Waals surface area (Å²) in [5.41, 5.74) is 8.29. The van der Waals surface area contributed by atoms with E-state index in [0.717, 1.165) is 44.4 Å². The Labute approximate surface area is 164 Å². The van der Waals surface area contributed by atoms with Crippen molar-refractivity contribution in [2.75, 3.05) is 13.2 Å². The third kappa shape index (κ3) is 2.82. The topological polar surface area (TPSA) is 64.7 Å². The quantitative estimate of drug-likeness (QED) is 0.455. The molecule has 7 atom stereocenters. The average Bonchev–Trinajstić information content (AvgIpc) is 2.87. The van der Waals surface area contributed by atoms with Gasteiger partial charge in [-0.3, -0.25) is 4.79 Å². The van der Waals surface area contributed by atoms with E-state index in [2.05, 4.69) is 32.5 Å². The van der Waals surface area contributed by atoms with Crippen molar-refractivity contribution in [3.05, 3.63) is 12.2 Å². The standard InChI is InChI=1S/C23H36N2O2/c1-14-11-17-18(6-8-23(4)20(17)12-15(2)21(23)26)22(3)7-5-16(13-19(14)22)25-27-10-9-24/h15,17-20H,1,5-13,24H2,2-4H3/t15?,17?,18?,19?,20?,22-,23+/m1/s1. The Balaban J connectivity index is 1.58. The molecule has 0 spiro atoms. The first kappa shape index (κ1) is 19.2. The number of allylic oxidation sites excluding steroid dienone is 1. The van der Waals surface area contributed by atoms with Crippen LogP contribution in [0.25, 0.3) is 0 Å². The largest absolute Gasteiger partial charge is 0.395 e. The molecule has 5 unspecified atom stereocenters. The smallest absolute Gasteiger partial charge is 0.141 e. The van der Waals surface area contributed by atoms with Gasteiger partial charge in [0, 0.05) is 17.9 Å². The molecule has 4 fully saturated rings. The first-order chi connectivity index (χ1) is 12.8. The fraction of sp³-hybridized carbons (Fsp3) is 0.826. The first-order valence-electron chi connectivity index (χ1n) is 10.9. The molecule has 0 heterocycles. The number of carbonyl (C=O) groups excluding carboxylic acids is 1. The van der Waals surface area contributed by atoms with Crippen LogP contribution in [0, 0.1) is 40.4 Å². The molecule has 4 aliphatic carbocycles. The molecule has 4 heteroatoms. The predicted octanol–water partition coefficient (Wildman–Crippen LogP) is 4.34. The van der Waals surface area contributed by atoms with E-state index < -0.39 is 0 Å². The van der Waals surface area contributed by atoms with Crippen molar-refractivity contribution >= 4 is 11.5 Å². The molecule has 0 aromatic carbocycles. The summed E-state index contributed by atoms with van der Waals surface area (Å²) in [6.07, 6.45) is 7.64. The Morgan fingerprint density at radius 3 is 2.78 bits per heavy atom. The zero-order valence-electron chi connectivity index (χ0n) is 17.3. The van der Waals surface area contributed by atoms with Crippen LogP contribution in [0.15, 0.2) is 17.3 Å². The molecule has 0 amide bonds. The summed E-state index contributed by atoms with van der Waals surface area (Å²) < 4.78 is 0. The van der Waals surface area contributed by atoms with Gasteiger partial charge in [-0.2, -0.15) is 0 Å². The minimum Gasteiger partial charge on any atom is -0.395 e. The lowest BCUT2D eigenvalue weighted by Gasteiger charge is -2.60. The predicted molar refractivity (Wildman–Crippen MR) is 108 cm³/mol. The Kier molecular flexibility index (Phi) is 4.77. The number of carbonyl (C=O) groups is 1. The zero-order chi connectivity index (χ0) is 19.4. The Morgan fingerprint density at radius 2 is 2.04 bits per heavy atom. The van der Waals surface area contributed by atoms with E-state index in [9.17, 15) is 4.79 Å². The van der Waals surface area contributed by atoms with E-state index in [1.54, 1.807) is 0 Å². The fourth-order valence-corrected chi connectivity index (χ4v) is 7.43. The van der Waals surface area contributed by atoms with Gasteiger partial charge in [-0.15, -0.1) is 0 Å². The van der Waals surface area contributed by atoms with Crippen molar-refractivity contribution < 1.29 is 9.63 Å². The van der Waals surface area contributed by atoms with Crippen LogP contribution in [0.3, 0.4) is 0 Å². The average molecular weight is 373 g/mol. The molecule has 0 aliphatic heterocycles. The van der Waals surface area contributed by atoms with Gasteiger partial charge in [-0.25, -0.2) is 0 Å². The van der Waals surface area contributed by atoms with Crippen LogP contribution in [-0.4, -0.2) is 24.6 Å². The second kappa shape index (κ2) is 6.72. The van der Waals surface area contributed by atoms with Crippen molar-refractivity contribution in [3.63, 3.8) is 0 Å². The molecule has 4 rings (SSSR count). The van der Waals surface area contributed by atoms with Crippen LogP contribution in [0.1, 0.15) is 65.7 Å². The molecule has 27 heavy (non-hydrogen) atoms. The van der Waals surface area contributed by atoms with Gasteiger partial charge in [-0.1, -0.05) is 38.1 Å². The molecule has 0 aromatic rings. The Hall–Kier alpha value is -1.16. The Bertz CT molecular complexity index is 671. The molecular formula is C23H36N2O2. The van der Waals surface area contributed by atoms with E-state index in [0.29, 0.717) is 42.1 Å². The van der Waals surface area contributed by atoms with E-state index in [-0.39, 0.29) is 11.3 Å². The summed E-state index contributed by atoms with van der Waals surface area (Å²) in [5.74, 6) is 3.18. The summed E-state index contributed by atoms with van der Waals surface area (Å²) >= 11 is 0. The highest BCUT2D eigenvalue weighted by Crippen LogP contribution is 2.66. The van der Waals surface area contributed by atoms with Crippen LogP contribution in [0.2, 0.25) is 0 Å². The fourth-order valence-electron chi connectivity index (χ4n) is 7.43. The highest BCUT2D eigenvalue weighted by Gasteiger charge is 2.62. The summed E-state index contributed by atoms with van der Waals surface area (Å²) in [7, 11) is 0. The minimum absolute atomic E-state index is 0.0819. The highest BCUT2D eigenvalue weighted by atomic mass is 16.6. The molecule has 4 saturated carbocycles. The van der Waals surface area contributed by atoms with Gasteiger partial charge in [-0.05, 0) is 74.0 Å². The van der Waals surface area contributed by atoms with E-state index in [4.69, 9.17) is 10.6 Å². The zero-order valence-corrected chi connectivity index (χ0v) is 17.3. The summed E-state index contributed by atoms with van der Waals surface area (Å²) in [5, 5.41) is 4.37. The molecule has 4 nitrogen and oxygen atoms in total. The van der Waals surface area contributed by atoms with Crippen molar-refractivity contribution in [2.24, 2.45) is 51.3 Å². The van der Waals surface area contributed by atoms with Crippen LogP contribution in [-0.2, 0) is 9.63 Å². The lowest BCUT2D eigenvalue weighted by Crippen LogP contribution is -2.54. The van der Waals surface area contributed by atoms with E-state index >= 15 is 0 Å². The molecule has 0 bridgehead atoms. The van der Waals surface area contributed by atoms with Crippen LogP contribution in [0.5, 0.6) is 0 Å². The van der Waals surface area contributed by atoms with Gasteiger partial charge in [0.25, 0.3) is 0 Å². The van der Waals surface area contributed by atoms with Gasteiger partial charge >= 0.3 is 0 Å². The van der Waals surface area contributed by atoms with Gasteiger partial charge in [0.05, 0.1) is 5.71 Å². The molecule has 2 N–H and O–H groups in total. The van der Waals surface area contributed by atoms with Gasteiger partial charge < -0.3 is 10.6 Å². The Morgan fingerprint density at radius 1 is 1.26 bits per heavy atom. The number of hydrogen-bond donors (Lipinski definition) is 1. The molecule has 150 valence electrons. The summed E-state index contributed by atoms with van der Waals surface area (Å²) in [6.45, 7) is 12.4. The van der Waals surface area contributed by atoms with Crippen LogP contribution >= 0.6 is 0 Å². The molecular weight excluding hydrogens is 336 g/mol. The third-order valence-corrected chi connectivity index (χ3v) is 8.87. The highest BCUT2D eigenvalue weighted by molar-refractivity contribution is 5.89. The number of ketones is 1. The van der Waals surface area contributed by atoms with Crippen molar-refractivity contribution in [1.82, 2.24) is 0 Å². The van der Waals surface area contributed by atoms with Crippen molar-refractivity contribution in [2.45, 2.75) is 65.7 Å². The monoisotopic (exact) mass is 372 g/mol. The number of nitrogens with zero attached hydrogens (tertiary/aromatic N) is 1. The SMILES string of the molecule is C=C1CC2C(CC[C@]3(C)C(=O)C(C)CC23)[C@@]2(C)CCC(=NOCCN)CC12. The minimum atomic E-state index is -0.0819. The number of Topliss-reactive ketones (excluding diaryl/α,β-unsaturated/α-hetero) is 1. The lowest BCUT2D eigenvalue weighted by molar-refractivity contribution is -0.136. The number of rotatable bonds is 3. The molecule has 0 radical (unpaired) electrons. The summed E-state index contributed by atoms with van der Waals surface area (Å²) in [6, 6.07) is 0. The maximum absolute atomic E-state index is 12.9. The van der Waals surface area contributed by atoms with E-state index in [1.807, 2.05) is 0 Å². The van der Waals surface area contributed by atoms with Gasteiger partial charge in [0.15, 0.2) is 0 Å². The number of fused-ring (bicyclic) bond motifs is 5. The van der Waals surface area contributed by atoms with E-state index in [1.165, 1.54) is 17.7 Å². The second-order valence-corrected chi connectivity index (χ2v) is 10.2. The normalized spacial score (nSPS) is 48.1. The van der Waals surface area contributed by atoms with Gasteiger partial charge in [0.1, 0.15) is 12.4 Å². The summed E-state index contributed by atoms with van der Waals surface area (Å²) in [4.78, 5) is 18.3. The van der Waals surface area contributed by atoms with Gasteiger partial charge in [0.2, 0.25) is 0 Å². The maximum Gasteiger partial charge on any atom is 0.141 e. The number of nitrogens with two attached hydrogens (primary N) is 1. The molecule has 4 aliphatic rings. The lowest BCUT2D eigenvalue weighted by atomic mass is 9.44. The molecule has 0 saturated heterocycles. The number of oxime groups is 1. The van der Waals surface area contributed by atoms with Crippen molar-refractivity contribution in [3.8, 4) is 0 Å². The number of hydrogen-bond acceptors (Lipinski definition) is 4. The molecule has 0 aromatic heterocycles. The maximum atomic E-state index is 12.9.